The summed E-state index contributed by atoms with van der Waals surface area (Å²) >= 11 is 3.42. The number of hydrogen-bond donors (Lipinski definition) is 1. The van der Waals surface area contributed by atoms with E-state index in [9.17, 15) is 0 Å². The number of hydrogen-bond acceptors (Lipinski definition) is 3. The second kappa shape index (κ2) is 5.98. The smallest absolute Gasteiger partial charge is 0.208 e. The Bertz CT molecular complexity index is 465. The average Bonchev–Trinajstić information content (AvgIpc) is 2.80. The molecule has 0 fully saturated rings. The van der Waals surface area contributed by atoms with Gasteiger partial charge in [0.15, 0.2) is 0 Å². The zero-order valence-corrected chi connectivity index (χ0v) is 11.3. The van der Waals surface area contributed by atoms with E-state index in [-0.39, 0.29) is 0 Å². The maximum atomic E-state index is 5.51. The molecule has 3 nitrogen and oxygen atoms in total. The highest BCUT2D eigenvalue weighted by Crippen LogP contribution is 2.10. The van der Waals surface area contributed by atoms with Crippen molar-refractivity contribution in [1.82, 2.24) is 10.3 Å². The highest BCUT2D eigenvalue weighted by molar-refractivity contribution is 9.10. The lowest BCUT2D eigenvalue weighted by Gasteiger charge is -2.02. The molecule has 0 saturated heterocycles. The van der Waals surface area contributed by atoms with Crippen LogP contribution in [-0.2, 0) is 19.5 Å². The molecule has 0 aliphatic heterocycles. The zero-order chi connectivity index (χ0) is 12.1. The SMILES string of the molecule is CCc1cnc(CNCc2ccc(Br)cc2)o1. The van der Waals surface area contributed by atoms with Gasteiger partial charge >= 0.3 is 0 Å². The molecule has 4 heteroatoms. The molecule has 2 rings (SSSR count). The predicted octanol–water partition coefficient (Wildman–Crippen LogP) is 3.29. The lowest BCUT2D eigenvalue weighted by Crippen LogP contribution is -2.12. The number of aryl methyl sites for hydroxylation is 1. The third-order valence-corrected chi connectivity index (χ3v) is 3.00. The number of nitrogens with one attached hydrogen (secondary N) is 1. The Morgan fingerprint density at radius 1 is 1.24 bits per heavy atom. The number of aromatic nitrogens is 1. The van der Waals surface area contributed by atoms with Crippen molar-refractivity contribution in [3.63, 3.8) is 0 Å². The topological polar surface area (TPSA) is 38.1 Å². The molecule has 0 atom stereocenters. The quantitative estimate of drug-likeness (QED) is 0.920. The number of benzene rings is 1. The molecule has 0 spiro atoms. The third kappa shape index (κ3) is 3.68. The predicted molar refractivity (Wildman–Crippen MR) is 70.6 cm³/mol. The summed E-state index contributed by atoms with van der Waals surface area (Å²) in [6.07, 6.45) is 2.68. The molecule has 2 aromatic rings. The van der Waals surface area contributed by atoms with Gasteiger partial charge in [0.2, 0.25) is 5.89 Å². The van der Waals surface area contributed by atoms with Crippen molar-refractivity contribution in [3.05, 3.63) is 52.1 Å². The Kier molecular flexibility index (Phi) is 4.34. The fourth-order valence-electron chi connectivity index (χ4n) is 1.51. The van der Waals surface area contributed by atoms with Gasteiger partial charge < -0.3 is 9.73 Å². The Morgan fingerprint density at radius 3 is 2.65 bits per heavy atom. The summed E-state index contributed by atoms with van der Waals surface area (Å²) in [5.74, 6) is 1.68. The zero-order valence-electron chi connectivity index (χ0n) is 9.74. The fraction of sp³-hybridized carbons (Fsp3) is 0.308. The molecule has 0 aliphatic rings. The minimum atomic E-state index is 0.663. The van der Waals surface area contributed by atoms with Crippen molar-refractivity contribution in [2.24, 2.45) is 0 Å². The Morgan fingerprint density at radius 2 is 2.00 bits per heavy atom. The number of rotatable bonds is 5. The van der Waals surface area contributed by atoms with E-state index in [0.29, 0.717) is 6.54 Å². The lowest BCUT2D eigenvalue weighted by atomic mass is 10.2. The molecular weight excluding hydrogens is 280 g/mol. The van der Waals surface area contributed by atoms with E-state index in [1.807, 2.05) is 12.1 Å². The summed E-state index contributed by atoms with van der Waals surface area (Å²) in [6.45, 7) is 3.53. The van der Waals surface area contributed by atoms with Gasteiger partial charge in [0.1, 0.15) is 5.76 Å². The van der Waals surface area contributed by atoms with Crippen molar-refractivity contribution in [2.45, 2.75) is 26.4 Å². The van der Waals surface area contributed by atoms with Crippen LogP contribution in [0.25, 0.3) is 0 Å². The maximum Gasteiger partial charge on any atom is 0.208 e. The average molecular weight is 295 g/mol. The second-order valence-corrected chi connectivity index (χ2v) is 4.72. The van der Waals surface area contributed by atoms with Crippen LogP contribution in [0.4, 0.5) is 0 Å². The molecule has 0 aliphatic carbocycles. The van der Waals surface area contributed by atoms with Crippen molar-refractivity contribution in [1.29, 1.82) is 0 Å². The van der Waals surface area contributed by atoms with Gasteiger partial charge in [-0.15, -0.1) is 0 Å². The fourth-order valence-corrected chi connectivity index (χ4v) is 1.77. The van der Waals surface area contributed by atoms with Crippen LogP contribution in [0.3, 0.4) is 0 Å². The van der Waals surface area contributed by atoms with E-state index in [4.69, 9.17) is 4.42 Å². The maximum absolute atomic E-state index is 5.51. The molecule has 90 valence electrons. The Balaban J connectivity index is 1.81. The second-order valence-electron chi connectivity index (χ2n) is 3.80. The van der Waals surface area contributed by atoms with Crippen molar-refractivity contribution >= 4 is 15.9 Å². The lowest BCUT2D eigenvalue weighted by molar-refractivity contribution is 0.439. The van der Waals surface area contributed by atoms with Crippen LogP contribution >= 0.6 is 15.9 Å². The van der Waals surface area contributed by atoms with Gasteiger partial charge in [0.25, 0.3) is 0 Å². The molecule has 1 aromatic carbocycles. The molecular formula is C13H15BrN2O. The molecule has 0 radical (unpaired) electrons. The van der Waals surface area contributed by atoms with E-state index >= 15 is 0 Å². The van der Waals surface area contributed by atoms with Gasteiger partial charge in [-0.3, -0.25) is 0 Å². The third-order valence-electron chi connectivity index (χ3n) is 2.47. The molecule has 0 amide bonds. The van der Waals surface area contributed by atoms with Crippen LogP contribution in [0.15, 0.2) is 39.4 Å². The van der Waals surface area contributed by atoms with Gasteiger partial charge in [-0.25, -0.2) is 4.98 Å². The van der Waals surface area contributed by atoms with Gasteiger partial charge in [0, 0.05) is 17.4 Å². The van der Waals surface area contributed by atoms with Crippen LogP contribution < -0.4 is 5.32 Å². The van der Waals surface area contributed by atoms with E-state index < -0.39 is 0 Å². The van der Waals surface area contributed by atoms with E-state index in [2.05, 4.69) is 45.3 Å². The number of halogens is 1. The minimum Gasteiger partial charge on any atom is -0.444 e. The molecule has 0 unspecified atom stereocenters. The van der Waals surface area contributed by atoms with Gasteiger partial charge in [-0.1, -0.05) is 35.0 Å². The van der Waals surface area contributed by atoms with E-state index in [0.717, 1.165) is 29.1 Å². The molecule has 0 saturated carbocycles. The first kappa shape index (κ1) is 12.3. The van der Waals surface area contributed by atoms with Crippen LogP contribution in [0.2, 0.25) is 0 Å². The Labute approximate surface area is 109 Å². The number of nitrogens with zero attached hydrogens (tertiary/aromatic N) is 1. The first-order valence-corrected chi connectivity index (χ1v) is 6.46. The van der Waals surface area contributed by atoms with Crippen LogP contribution in [0, 0.1) is 0 Å². The van der Waals surface area contributed by atoms with Gasteiger partial charge in [-0.2, -0.15) is 0 Å². The highest BCUT2D eigenvalue weighted by Gasteiger charge is 2.01. The molecule has 0 bridgehead atoms. The molecule has 17 heavy (non-hydrogen) atoms. The summed E-state index contributed by atoms with van der Waals surface area (Å²) < 4.78 is 6.61. The molecule has 1 aromatic heterocycles. The van der Waals surface area contributed by atoms with E-state index in [1.54, 1.807) is 6.20 Å². The molecule has 1 N–H and O–H groups in total. The highest BCUT2D eigenvalue weighted by atomic mass is 79.9. The monoisotopic (exact) mass is 294 g/mol. The summed E-state index contributed by atoms with van der Waals surface area (Å²) in [7, 11) is 0. The minimum absolute atomic E-state index is 0.663. The van der Waals surface area contributed by atoms with Gasteiger partial charge in [0.05, 0.1) is 12.7 Å². The summed E-state index contributed by atoms with van der Waals surface area (Å²) in [5, 5.41) is 3.30. The first-order valence-electron chi connectivity index (χ1n) is 5.66. The van der Waals surface area contributed by atoms with Crippen molar-refractivity contribution < 1.29 is 4.42 Å². The standard InChI is InChI=1S/C13H15BrN2O/c1-2-12-8-16-13(17-12)9-15-7-10-3-5-11(14)6-4-10/h3-6,8,15H,2,7,9H2,1H3. The van der Waals surface area contributed by atoms with Crippen LogP contribution in [0.5, 0.6) is 0 Å². The Hall–Kier alpha value is -1.13. The van der Waals surface area contributed by atoms with Crippen LogP contribution in [0.1, 0.15) is 24.1 Å². The van der Waals surface area contributed by atoms with Crippen molar-refractivity contribution in [3.8, 4) is 0 Å². The van der Waals surface area contributed by atoms with Crippen molar-refractivity contribution in [2.75, 3.05) is 0 Å². The summed E-state index contributed by atoms with van der Waals surface area (Å²) in [6, 6.07) is 8.25. The van der Waals surface area contributed by atoms with Gasteiger partial charge in [-0.05, 0) is 17.7 Å². The molecule has 1 heterocycles. The summed E-state index contributed by atoms with van der Waals surface area (Å²) in [4.78, 5) is 4.20. The van der Waals surface area contributed by atoms with Crippen LogP contribution in [-0.4, -0.2) is 4.98 Å². The summed E-state index contributed by atoms with van der Waals surface area (Å²) in [5.41, 5.74) is 1.25. The van der Waals surface area contributed by atoms with E-state index in [1.165, 1.54) is 5.56 Å². The number of oxazole rings is 1. The largest absolute Gasteiger partial charge is 0.444 e. The first-order chi connectivity index (χ1) is 8.28. The normalized spacial score (nSPS) is 10.7.